The average Bonchev–Trinajstić information content (AvgIpc) is 3.09. The molecule has 0 aliphatic heterocycles. The zero-order chi connectivity index (χ0) is 19.4. The molecule has 0 saturated heterocycles. The molecule has 0 aliphatic rings. The van der Waals surface area contributed by atoms with Gasteiger partial charge in [-0.2, -0.15) is 0 Å². The van der Waals surface area contributed by atoms with Crippen molar-refractivity contribution in [2.24, 2.45) is 0 Å². The maximum Gasteiger partial charge on any atom is 0.358 e. The quantitative estimate of drug-likeness (QED) is 0.452. The van der Waals surface area contributed by atoms with Gasteiger partial charge in [0, 0.05) is 26.5 Å². The van der Waals surface area contributed by atoms with Crippen LogP contribution in [-0.2, 0) is 14.8 Å². The zero-order valence-corrected chi connectivity index (χ0v) is 15.7. The molecule has 0 saturated carbocycles. The van der Waals surface area contributed by atoms with Gasteiger partial charge >= 0.3 is 5.97 Å². The van der Waals surface area contributed by atoms with E-state index in [-0.39, 0.29) is 23.8 Å². The maximum atomic E-state index is 12.0. The van der Waals surface area contributed by atoms with Crippen LogP contribution in [0.2, 0.25) is 0 Å². The number of fused-ring (bicyclic) bond motifs is 1. The molecule has 9 heteroatoms. The van der Waals surface area contributed by atoms with E-state index in [2.05, 4.69) is 4.98 Å². The molecular formula is C18H19N3O5S. The van der Waals surface area contributed by atoms with Gasteiger partial charge in [0.1, 0.15) is 24.6 Å². The molecule has 3 rings (SSSR count). The fraction of sp³-hybridized carbons (Fsp3) is 0.222. The standard InChI is InChI=1S/C18H19N3O5S/c1-20(2)27(23,24)15-8-6-14(7-9-15)25-11-12-26-18(22)16-13-21-10-4-3-5-17(21)19-16/h3-10,13H,11-12H2,1-2H3. The first-order valence-corrected chi connectivity index (χ1v) is 9.58. The SMILES string of the molecule is CN(C)S(=O)(=O)c1ccc(OCCOC(=O)c2cn3ccccc3n2)cc1. The number of nitrogens with zero attached hydrogens (tertiary/aromatic N) is 3. The molecule has 0 spiro atoms. The zero-order valence-electron chi connectivity index (χ0n) is 14.9. The monoisotopic (exact) mass is 389 g/mol. The van der Waals surface area contributed by atoms with Crippen LogP contribution in [0.5, 0.6) is 5.75 Å². The fourth-order valence-corrected chi connectivity index (χ4v) is 3.22. The Balaban J connectivity index is 1.50. The van der Waals surface area contributed by atoms with Crippen molar-refractivity contribution in [3.8, 4) is 5.75 Å². The van der Waals surface area contributed by atoms with Crippen LogP contribution >= 0.6 is 0 Å². The molecule has 0 bridgehead atoms. The van der Waals surface area contributed by atoms with Gasteiger partial charge in [0.05, 0.1) is 4.90 Å². The highest BCUT2D eigenvalue weighted by Crippen LogP contribution is 2.18. The Bertz CT molecular complexity index is 1010. The lowest BCUT2D eigenvalue weighted by Gasteiger charge is -2.12. The number of esters is 1. The second-order valence-corrected chi connectivity index (χ2v) is 7.99. The third kappa shape index (κ3) is 4.26. The van der Waals surface area contributed by atoms with Crippen LogP contribution in [0, 0.1) is 0 Å². The third-order valence-electron chi connectivity index (χ3n) is 3.76. The number of benzene rings is 1. The number of imidazole rings is 1. The van der Waals surface area contributed by atoms with Crippen molar-refractivity contribution >= 4 is 21.6 Å². The Morgan fingerprint density at radius 3 is 2.52 bits per heavy atom. The first-order chi connectivity index (χ1) is 12.9. The lowest BCUT2D eigenvalue weighted by Crippen LogP contribution is -2.22. The van der Waals surface area contributed by atoms with Crippen molar-refractivity contribution < 1.29 is 22.7 Å². The number of ether oxygens (including phenoxy) is 2. The third-order valence-corrected chi connectivity index (χ3v) is 5.59. The van der Waals surface area contributed by atoms with Crippen molar-refractivity contribution in [3.63, 3.8) is 0 Å². The van der Waals surface area contributed by atoms with Gasteiger partial charge in [-0.25, -0.2) is 22.5 Å². The van der Waals surface area contributed by atoms with Gasteiger partial charge in [-0.15, -0.1) is 0 Å². The number of pyridine rings is 1. The van der Waals surface area contributed by atoms with Crippen molar-refractivity contribution in [2.75, 3.05) is 27.3 Å². The summed E-state index contributed by atoms with van der Waals surface area (Å²) in [6.07, 6.45) is 3.39. The molecular weight excluding hydrogens is 370 g/mol. The number of hydrogen-bond acceptors (Lipinski definition) is 6. The normalized spacial score (nSPS) is 11.7. The summed E-state index contributed by atoms with van der Waals surface area (Å²) in [4.78, 5) is 16.4. The minimum Gasteiger partial charge on any atom is -0.490 e. The molecule has 3 aromatic rings. The largest absolute Gasteiger partial charge is 0.490 e. The molecule has 0 aliphatic carbocycles. The van der Waals surface area contributed by atoms with E-state index in [9.17, 15) is 13.2 Å². The number of sulfonamides is 1. The summed E-state index contributed by atoms with van der Waals surface area (Å²) in [6, 6.07) is 11.5. The van der Waals surface area contributed by atoms with E-state index >= 15 is 0 Å². The van der Waals surface area contributed by atoms with Crippen molar-refractivity contribution in [2.45, 2.75) is 4.90 Å². The van der Waals surface area contributed by atoms with Crippen LogP contribution in [-0.4, -0.2) is 55.4 Å². The molecule has 0 amide bonds. The highest BCUT2D eigenvalue weighted by Gasteiger charge is 2.16. The lowest BCUT2D eigenvalue weighted by atomic mass is 10.3. The molecule has 1 aromatic carbocycles. The molecule has 0 radical (unpaired) electrons. The molecule has 0 fully saturated rings. The lowest BCUT2D eigenvalue weighted by molar-refractivity contribution is 0.0444. The number of hydrogen-bond donors (Lipinski definition) is 0. The molecule has 0 atom stereocenters. The van der Waals surface area contributed by atoms with Gasteiger partial charge in [0.2, 0.25) is 10.0 Å². The number of carbonyl (C=O) groups is 1. The summed E-state index contributed by atoms with van der Waals surface area (Å²) < 4.78 is 37.5. The smallest absolute Gasteiger partial charge is 0.358 e. The summed E-state index contributed by atoms with van der Waals surface area (Å²) in [5.41, 5.74) is 0.882. The Hall–Kier alpha value is -2.91. The van der Waals surface area contributed by atoms with Crippen LogP contribution in [0.15, 0.2) is 59.8 Å². The van der Waals surface area contributed by atoms with Gasteiger partial charge < -0.3 is 13.9 Å². The summed E-state index contributed by atoms with van der Waals surface area (Å²) in [5, 5.41) is 0. The Morgan fingerprint density at radius 2 is 1.85 bits per heavy atom. The number of carbonyl (C=O) groups excluding carboxylic acids is 1. The first-order valence-electron chi connectivity index (χ1n) is 8.14. The molecule has 0 N–H and O–H groups in total. The molecule has 2 heterocycles. The van der Waals surface area contributed by atoms with E-state index in [0.29, 0.717) is 11.4 Å². The highest BCUT2D eigenvalue weighted by molar-refractivity contribution is 7.89. The fourth-order valence-electron chi connectivity index (χ4n) is 2.32. The first kappa shape index (κ1) is 18.9. The molecule has 142 valence electrons. The molecule has 2 aromatic heterocycles. The van der Waals surface area contributed by atoms with Gasteiger partial charge in [-0.05, 0) is 36.4 Å². The summed E-state index contributed by atoms with van der Waals surface area (Å²) in [5.74, 6) is -0.0498. The van der Waals surface area contributed by atoms with Crippen molar-refractivity contribution in [3.05, 3.63) is 60.6 Å². The Morgan fingerprint density at radius 1 is 1.11 bits per heavy atom. The van der Waals surface area contributed by atoms with E-state index in [1.54, 1.807) is 35.0 Å². The molecule has 0 unspecified atom stereocenters. The minimum atomic E-state index is -3.47. The molecule has 8 nitrogen and oxygen atoms in total. The maximum absolute atomic E-state index is 12.0. The van der Waals surface area contributed by atoms with Crippen molar-refractivity contribution in [1.29, 1.82) is 0 Å². The van der Waals surface area contributed by atoms with E-state index in [4.69, 9.17) is 9.47 Å². The second-order valence-electron chi connectivity index (χ2n) is 5.84. The van der Waals surface area contributed by atoms with Gasteiger partial charge in [-0.3, -0.25) is 0 Å². The van der Waals surface area contributed by atoms with Gasteiger partial charge in [0.25, 0.3) is 0 Å². The van der Waals surface area contributed by atoms with Gasteiger partial charge in [0.15, 0.2) is 5.69 Å². The Kier molecular flexibility index (Phi) is 5.43. The van der Waals surface area contributed by atoms with Crippen LogP contribution in [0.4, 0.5) is 0 Å². The minimum absolute atomic E-state index is 0.0461. The predicted molar refractivity (Wildman–Crippen MR) is 98.3 cm³/mol. The summed E-state index contributed by atoms with van der Waals surface area (Å²) in [7, 11) is -0.534. The average molecular weight is 389 g/mol. The van der Waals surface area contributed by atoms with Crippen molar-refractivity contribution in [1.82, 2.24) is 13.7 Å². The summed E-state index contributed by atoms with van der Waals surface area (Å²) in [6.45, 7) is 0.184. The Labute approximate surface area is 157 Å². The van der Waals surface area contributed by atoms with Crippen LogP contribution in [0.1, 0.15) is 10.5 Å². The summed E-state index contributed by atoms with van der Waals surface area (Å²) >= 11 is 0. The molecule has 27 heavy (non-hydrogen) atoms. The second kappa shape index (κ2) is 7.77. The van der Waals surface area contributed by atoms with E-state index in [0.717, 1.165) is 4.31 Å². The van der Waals surface area contributed by atoms with E-state index in [1.807, 2.05) is 12.1 Å². The highest BCUT2D eigenvalue weighted by atomic mass is 32.2. The van der Waals surface area contributed by atoms with E-state index in [1.165, 1.54) is 26.2 Å². The number of rotatable bonds is 7. The van der Waals surface area contributed by atoms with Crippen LogP contribution in [0.25, 0.3) is 5.65 Å². The van der Waals surface area contributed by atoms with Crippen LogP contribution < -0.4 is 4.74 Å². The van der Waals surface area contributed by atoms with Gasteiger partial charge in [-0.1, -0.05) is 6.07 Å². The van der Waals surface area contributed by atoms with Crippen LogP contribution in [0.3, 0.4) is 0 Å². The predicted octanol–water partition coefficient (Wildman–Crippen LogP) is 1.82. The van der Waals surface area contributed by atoms with E-state index < -0.39 is 16.0 Å². The number of aromatic nitrogens is 2. The topological polar surface area (TPSA) is 90.2 Å².